The monoisotopic (exact) mass is 511 g/mol. The third-order valence-electron chi connectivity index (χ3n) is 6.46. The predicted molar refractivity (Wildman–Crippen MR) is 153 cm³/mol. The van der Waals surface area contributed by atoms with Gasteiger partial charge in [-0.05, 0) is 59.7 Å². The van der Waals surface area contributed by atoms with Gasteiger partial charge in [0.2, 0.25) is 0 Å². The van der Waals surface area contributed by atoms with Crippen molar-refractivity contribution >= 4 is 22.6 Å². The molecule has 39 heavy (non-hydrogen) atoms. The summed E-state index contributed by atoms with van der Waals surface area (Å²) in [5, 5.41) is 11.0. The number of benzene rings is 4. The third kappa shape index (κ3) is 5.06. The van der Waals surface area contributed by atoms with Crippen molar-refractivity contribution < 1.29 is 9.53 Å². The first kappa shape index (κ1) is 23.9. The molecule has 0 bridgehead atoms. The van der Waals surface area contributed by atoms with Crippen molar-refractivity contribution in [2.45, 2.75) is 6.54 Å². The average molecular weight is 512 g/mol. The van der Waals surface area contributed by atoms with E-state index in [1.807, 2.05) is 103 Å². The predicted octanol–water partition coefficient (Wildman–Crippen LogP) is 6.60. The van der Waals surface area contributed by atoms with Crippen LogP contribution in [0.5, 0.6) is 11.5 Å². The molecule has 2 heterocycles. The van der Waals surface area contributed by atoms with Gasteiger partial charge in [-0.25, -0.2) is 0 Å². The Hall–Kier alpha value is -5.43. The Morgan fingerprint density at radius 3 is 2.31 bits per heavy atom. The number of amides is 1. The summed E-state index contributed by atoms with van der Waals surface area (Å²) in [5.41, 5.74) is 11.9. The summed E-state index contributed by atoms with van der Waals surface area (Å²) in [4.78, 5) is 17.6. The number of nitrogens with two attached hydrogens (primary N) is 1. The molecule has 0 fully saturated rings. The van der Waals surface area contributed by atoms with E-state index in [-0.39, 0.29) is 5.91 Å². The number of H-pyrrole nitrogens is 1. The van der Waals surface area contributed by atoms with E-state index < -0.39 is 0 Å². The first-order valence-corrected chi connectivity index (χ1v) is 12.5. The summed E-state index contributed by atoms with van der Waals surface area (Å²) in [5.74, 6) is 1.70. The van der Waals surface area contributed by atoms with E-state index in [4.69, 9.17) is 15.5 Å². The molecule has 0 aliphatic carbocycles. The number of pyridine rings is 1. The van der Waals surface area contributed by atoms with Crippen LogP contribution in [0.25, 0.3) is 33.3 Å². The summed E-state index contributed by atoms with van der Waals surface area (Å²) < 4.78 is 5.92. The number of hydrogen-bond acceptors (Lipinski definition) is 5. The lowest BCUT2D eigenvalue weighted by molar-refractivity contribution is 0.0951. The number of hydrogen-bond donors (Lipinski definition) is 3. The van der Waals surface area contributed by atoms with Gasteiger partial charge in [0.1, 0.15) is 11.5 Å². The molecule has 0 saturated carbocycles. The van der Waals surface area contributed by atoms with Crippen LogP contribution in [0.3, 0.4) is 0 Å². The third-order valence-corrected chi connectivity index (χ3v) is 6.46. The maximum atomic E-state index is 12.9. The Morgan fingerprint density at radius 1 is 0.821 bits per heavy atom. The van der Waals surface area contributed by atoms with E-state index in [1.165, 1.54) is 0 Å². The van der Waals surface area contributed by atoms with Gasteiger partial charge in [-0.15, -0.1) is 0 Å². The fourth-order valence-corrected chi connectivity index (χ4v) is 4.50. The van der Waals surface area contributed by atoms with Crippen LogP contribution >= 0.6 is 0 Å². The molecule has 190 valence electrons. The van der Waals surface area contributed by atoms with Gasteiger partial charge in [0.25, 0.3) is 5.91 Å². The number of aromatic amines is 1. The van der Waals surface area contributed by atoms with E-state index in [9.17, 15) is 4.79 Å². The average Bonchev–Trinajstić information content (AvgIpc) is 3.38. The lowest BCUT2D eigenvalue weighted by atomic mass is 9.99. The fourth-order valence-electron chi connectivity index (χ4n) is 4.50. The molecule has 0 saturated heterocycles. The number of nitrogen functional groups attached to an aromatic ring is 1. The van der Waals surface area contributed by atoms with Gasteiger partial charge in [-0.1, -0.05) is 60.7 Å². The molecule has 7 nitrogen and oxygen atoms in total. The zero-order valence-corrected chi connectivity index (χ0v) is 21.0. The molecule has 0 spiro atoms. The Morgan fingerprint density at radius 2 is 1.54 bits per heavy atom. The van der Waals surface area contributed by atoms with Crippen LogP contribution in [0.2, 0.25) is 0 Å². The number of carbonyl (C=O) groups excluding carboxylic acids is 1. The van der Waals surface area contributed by atoms with Crippen molar-refractivity contribution in [2.75, 3.05) is 5.73 Å². The highest BCUT2D eigenvalue weighted by Crippen LogP contribution is 2.36. The van der Waals surface area contributed by atoms with E-state index in [0.29, 0.717) is 23.6 Å². The molecular weight excluding hydrogens is 486 g/mol. The molecule has 6 aromatic rings. The number of fused-ring (bicyclic) bond motifs is 1. The molecular formula is C32H25N5O2. The molecule has 7 heteroatoms. The van der Waals surface area contributed by atoms with Gasteiger partial charge in [0.15, 0.2) is 5.82 Å². The molecule has 1 amide bonds. The highest BCUT2D eigenvalue weighted by Gasteiger charge is 2.17. The van der Waals surface area contributed by atoms with Crippen LogP contribution in [-0.2, 0) is 6.54 Å². The molecule has 2 aromatic heterocycles. The number of nitrogens with one attached hydrogen (secondary N) is 2. The highest BCUT2D eigenvalue weighted by molar-refractivity contribution is 6.06. The number of ether oxygens (including phenoxy) is 1. The minimum Gasteiger partial charge on any atom is -0.457 e. The Bertz CT molecular complexity index is 1750. The van der Waals surface area contributed by atoms with Gasteiger partial charge in [-0.2, -0.15) is 5.10 Å². The van der Waals surface area contributed by atoms with Gasteiger partial charge >= 0.3 is 0 Å². The smallest absolute Gasteiger partial charge is 0.251 e. The number of anilines is 1. The molecule has 0 aliphatic rings. The minimum absolute atomic E-state index is 0.150. The van der Waals surface area contributed by atoms with E-state index >= 15 is 0 Å². The Balaban J connectivity index is 1.28. The first-order valence-electron chi connectivity index (χ1n) is 12.5. The molecule has 6 rings (SSSR count). The molecule has 4 N–H and O–H groups in total. The number of para-hydroxylation sites is 1. The lowest BCUT2D eigenvalue weighted by Gasteiger charge is -2.11. The summed E-state index contributed by atoms with van der Waals surface area (Å²) in [7, 11) is 0. The van der Waals surface area contributed by atoms with Crippen LogP contribution < -0.4 is 15.8 Å². The van der Waals surface area contributed by atoms with Gasteiger partial charge in [0.05, 0.1) is 16.6 Å². The second-order valence-corrected chi connectivity index (χ2v) is 9.07. The largest absolute Gasteiger partial charge is 0.457 e. The van der Waals surface area contributed by atoms with Crippen LogP contribution in [0.15, 0.2) is 115 Å². The maximum absolute atomic E-state index is 12.9. The molecule has 0 atom stereocenters. The standard InChI is InChI=1S/C32H25N5O2/c33-31-28-29(22-14-16-26(17-15-22)39-25-12-5-2-6-13-25)34-20-27(30(28)36-37-31)23-10-7-11-24(18-23)32(38)35-19-21-8-3-1-4-9-21/h1-18,20H,19H2,(H,35,38)(H3,33,36,37). The number of rotatable bonds is 7. The zero-order chi connectivity index (χ0) is 26.6. The Kier molecular flexibility index (Phi) is 6.45. The maximum Gasteiger partial charge on any atom is 0.251 e. The molecule has 0 unspecified atom stereocenters. The Labute approximate surface area is 225 Å². The summed E-state index contributed by atoms with van der Waals surface area (Å²) in [6, 6.07) is 34.6. The van der Waals surface area contributed by atoms with Gasteiger partial charge in [0, 0.05) is 29.4 Å². The van der Waals surface area contributed by atoms with E-state index in [1.54, 1.807) is 12.3 Å². The zero-order valence-electron chi connectivity index (χ0n) is 21.0. The van der Waals surface area contributed by atoms with Gasteiger partial charge < -0.3 is 15.8 Å². The van der Waals surface area contributed by atoms with Crippen molar-refractivity contribution in [3.8, 4) is 33.9 Å². The quantitative estimate of drug-likeness (QED) is 0.224. The molecule has 0 radical (unpaired) electrons. The van der Waals surface area contributed by atoms with Gasteiger partial charge in [-0.3, -0.25) is 14.9 Å². The summed E-state index contributed by atoms with van der Waals surface area (Å²) in [6.45, 7) is 0.455. The SMILES string of the molecule is Nc1n[nH]c2c(-c3cccc(C(=O)NCc4ccccc4)c3)cnc(-c3ccc(Oc4ccccc4)cc3)c12. The highest BCUT2D eigenvalue weighted by atomic mass is 16.5. The van der Waals surface area contributed by atoms with E-state index in [0.717, 1.165) is 44.7 Å². The van der Waals surface area contributed by atoms with E-state index in [2.05, 4.69) is 15.5 Å². The summed E-state index contributed by atoms with van der Waals surface area (Å²) in [6.07, 6.45) is 1.78. The lowest BCUT2D eigenvalue weighted by Crippen LogP contribution is -2.22. The number of aromatic nitrogens is 3. The second-order valence-electron chi connectivity index (χ2n) is 9.07. The second kappa shape index (κ2) is 10.5. The van der Waals surface area contributed by atoms with Crippen LogP contribution in [0.4, 0.5) is 5.82 Å². The number of carbonyl (C=O) groups is 1. The van der Waals surface area contributed by atoms with Crippen molar-refractivity contribution in [1.82, 2.24) is 20.5 Å². The van der Waals surface area contributed by atoms with Crippen LogP contribution in [0.1, 0.15) is 15.9 Å². The minimum atomic E-state index is -0.150. The van der Waals surface area contributed by atoms with Crippen molar-refractivity contribution in [3.63, 3.8) is 0 Å². The van der Waals surface area contributed by atoms with Crippen LogP contribution in [-0.4, -0.2) is 21.1 Å². The van der Waals surface area contributed by atoms with Crippen molar-refractivity contribution in [1.29, 1.82) is 0 Å². The van der Waals surface area contributed by atoms with Crippen LogP contribution in [0, 0.1) is 0 Å². The van der Waals surface area contributed by atoms with Crippen molar-refractivity contribution in [2.24, 2.45) is 0 Å². The first-order chi connectivity index (χ1) is 19.2. The normalized spacial score (nSPS) is 10.9. The molecule has 0 aliphatic heterocycles. The summed E-state index contributed by atoms with van der Waals surface area (Å²) >= 11 is 0. The van der Waals surface area contributed by atoms with Crippen molar-refractivity contribution in [3.05, 3.63) is 127 Å². The molecule has 4 aromatic carbocycles. The topological polar surface area (TPSA) is 106 Å². The number of nitrogens with zero attached hydrogens (tertiary/aromatic N) is 2. The fraction of sp³-hybridized carbons (Fsp3) is 0.0312.